The predicted molar refractivity (Wildman–Crippen MR) is 63.8 cm³/mol. The van der Waals surface area contributed by atoms with Crippen molar-refractivity contribution in [1.82, 2.24) is 5.32 Å². The molecule has 3 nitrogen and oxygen atoms in total. The van der Waals surface area contributed by atoms with Gasteiger partial charge in [-0.3, -0.25) is 0 Å². The van der Waals surface area contributed by atoms with Crippen molar-refractivity contribution in [3.8, 4) is 0 Å². The van der Waals surface area contributed by atoms with Crippen LogP contribution < -0.4 is 5.32 Å². The molecule has 0 unspecified atom stereocenters. The van der Waals surface area contributed by atoms with Crippen LogP contribution in [-0.4, -0.2) is 33.0 Å². The van der Waals surface area contributed by atoms with E-state index >= 15 is 0 Å². The average molecular weight is 233 g/mol. The van der Waals surface area contributed by atoms with Crippen molar-refractivity contribution >= 4 is 9.84 Å². The second-order valence-corrected chi connectivity index (χ2v) is 6.99. The summed E-state index contributed by atoms with van der Waals surface area (Å²) in [7, 11) is -2.80. The van der Waals surface area contributed by atoms with Crippen molar-refractivity contribution < 1.29 is 8.42 Å². The maximum Gasteiger partial charge on any atom is 0.151 e. The molecule has 0 aliphatic heterocycles. The highest BCUT2D eigenvalue weighted by molar-refractivity contribution is 7.91. The van der Waals surface area contributed by atoms with Gasteiger partial charge in [0, 0.05) is 18.8 Å². The van der Waals surface area contributed by atoms with Crippen LogP contribution in [0, 0.1) is 5.41 Å². The maximum absolute atomic E-state index is 11.4. The summed E-state index contributed by atoms with van der Waals surface area (Å²) in [5.74, 6) is 0.619. The lowest BCUT2D eigenvalue weighted by atomic mass is 10.0. The molecule has 0 aromatic heterocycles. The van der Waals surface area contributed by atoms with Crippen LogP contribution in [0.4, 0.5) is 0 Å². The smallest absolute Gasteiger partial charge is 0.151 e. The molecule has 1 aliphatic carbocycles. The molecule has 0 radical (unpaired) electrons. The monoisotopic (exact) mass is 233 g/mol. The largest absolute Gasteiger partial charge is 0.315 e. The first-order chi connectivity index (χ1) is 7.04. The van der Waals surface area contributed by atoms with Gasteiger partial charge >= 0.3 is 0 Å². The molecule has 15 heavy (non-hydrogen) atoms. The van der Waals surface area contributed by atoms with Crippen LogP contribution in [0.25, 0.3) is 0 Å². The Hall–Kier alpha value is -0.0900. The standard InChI is InChI=1S/C11H23NO2S/c1-3-8-15(13,14)9-7-12-10-11(4-2)5-6-11/h12H,3-10H2,1-2H3. The van der Waals surface area contributed by atoms with Crippen molar-refractivity contribution in [3.63, 3.8) is 0 Å². The van der Waals surface area contributed by atoms with Gasteiger partial charge in [0.25, 0.3) is 0 Å². The SMILES string of the molecule is CCCS(=O)(=O)CCNCC1(CC)CC1. The minimum atomic E-state index is -2.80. The van der Waals surface area contributed by atoms with Gasteiger partial charge in [0.2, 0.25) is 0 Å². The van der Waals surface area contributed by atoms with Gasteiger partial charge in [-0.25, -0.2) is 8.42 Å². The minimum absolute atomic E-state index is 0.292. The fourth-order valence-corrected chi connectivity index (χ4v) is 3.11. The number of rotatable bonds is 8. The van der Waals surface area contributed by atoms with Gasteiger partial charge in [0.05, 0.1) is 5.75 Å². The summed E-state index contributed by atoms with van der Waals surface area (Å²) in [6.45, 7) is 5.72. The molecular formula is C11H23NO2S. The van der Waals surface area contributed by atoms with E-state index in [1.807, 2.05) is 6.92 Å². The third-order valence-corrected chi connectivity index (χ3v) is 5.17. The molecular weight excluding hydrogens is 210 g/mol. The summed E-state index contributed by atoms with van der Waals surface area (Å²) in [5, 5.41) is 3.27. The van der Waals surface area contributed by atoms with E-state index in [4.69, 9.17) is 0 Å². The molecule has 1 fully saturated rings. The molecule has 0 amide bonds. The van der Waals surface area contributed by atoms with Gasteiger partial charge in [-0.1, -0.05) is 13.8 Å². The Morgan fingerprint density at radius 1 is 1.20 bits per heavy atom. The van der Waals surface area contributed by atoms with E-state index in [-0.39, 0.29) is 0 Å². The zero-order chi connectivity index (χ0) is 11.4. The molecule has 1 saturated carbocycles. The molecule has 0 bridgehead atoms. The predicted octanol–water partition coefficient (Wildman–Crippen LogP) is 1.59. The lowest BCUT2D eigenvalue weighted by Gasteiger charge is -2.13. The molecule has 90 valence electrons. The quantitative estimate of drug-likeness (QED) is 0.648. The van der Waals surface area contributed by atoms with Gasteiger partial charge < -0.3 is 5.32 Å². The Kier molecular flexibility index (Phi) is 4.59. The first-order valence-corrected chi connectivity index (χ1v) is 7.77. The van der Waals surface area contributed by atoms with Gasteiger partial charge in [-0.05, 0) is 31.1 Å². The highest BCUT2D eigenvalue weighted by Crippen LogP contribution is 2.47. The van der Waals surface area contributed by atoms with E-state index in [0.717, 1.165) is 13.0 Å². The molecule has 4 heteroatoms. The molecule has 0 spiro atoms. The van der Waals surface area contributed by atoms with E-state index in [2.05, 4.69) is 12.2 Å². The second kappa shape index (κ2) is 5.30. The zero-order valence-corrected chi connectivity index (χ0v) is 10.7. The molecule has 0 saturated heterocycles. The topological polar surface area (TPSA) is 46.2 Å². The van der Waals surface area contributed by atoms with E-state index in [1.165, 1.54) is 19.3 Å². The Morgan fingerprint density at radius 3 is 2.33 bits per heavy atom. The summed E-state index contributed by atoms with van der Waals surface area (Å²) in [5.41, 5.74) is 0.508. The summed E-state index contributed by atoms with van der Waals surface area (Å²) in [6, 6.07) is 0. The highest BCUT2D eigenvalue weighted by Gasteiger charge is 2.39. The summed E-state index contributed by atoms with van der Waals surface area (Å²) in [6.07, 6.45) is 4.54. The van der Waals surface area contributed by atoms with Crippen molar-refractivity contribution in [3.05, 3.63) is 0 Å². The molecule has 0 heterocycles. The first-order valence-electron chi connectivity index (χ1n) is 5.95. The van der Waals surface area contributed by atoms with E-state index in [9.17, 15) is 8.42 Å². The fraction of sp³-hybridized carbons (Fsp3) is 1.00. The van der Waals surface area contributed by atoms with Gasteiger partial charge in [-0.15, -0.1) is 0 Å². The molecule has 0 aromatic carbocycles. The van der Waals surface area contributed by atoms with Crippen LogP contribution in [0.3, 0.4) is 0 Å². The maximum atomic E-state index is 11.4. The van der Waals surface area contributed by atoms with Crippen LogP contribution in [0.1, 0.15) is 39.5 Å². The Labute approximate surface area is 93.6 Å². The molecule has 1 N–H and O–H groups in total. The van der Waals surface area contributed by atoms with Crippen LogP contribution in [-0.2, 0) is 9.84 Å². The van der Waals surface area contributed by atoms with Crippen molar-refractivity contribution in [1.29, 1.82) is 0 Å². The Balaban J connectivity index is 2.11. The molecule has 0 aromatic rings. The van der Waals surface area contributed by atoms with E-state index in [1.54, 1.807) is 0 Å². The van der Waals surface area contributed by atoms with Gasteiger partial charge in [0.15, 0.2) is 9.84 Å². The number of sulfone groups is 1. The number of hydrogen-bond donors (Lipinski definition) is 1. The third kappa shape index (κ3) is 4.51. The van der Waals surface area contributed by atoms with E-state index in [0.29, 0.717) is 23.5 Å². The fourth-order valence-electron chi connectivity index (χ4n) is 1.83. The Morgan fingerprint density at radius 2 is 1.87 bits per heavy atom. The summed E-state index contributed by atoms with van der Waals surface area (Å²) >= 11 is 0. The lowest BCUT2D eigenvalue weighted by molar-refractivity contribution is 0.450. The molecule has 1 rings (SSSR count). The van der Waals surface area contributed by atoms with Crippen LogP contribution in [0.15, 0.2) is 0 Å². The molecule has 0 atom stereocenters. The Bertz CT molecular complexity index is 281. The lowest BCUT2D eigenvalue weighted by Crippen LogP contribution is -2.29. The van der Waals surface area contributed by atoms with Crippen molar-refractivity contribution in [2.75, 3.05) is 24.6 Å². The first kappa shape index (κ1) is 13.0. The van der Waals surface area contributed by atoms with Crippen molar-refractivity contribution in [2.45, 2.75) is 39.5 Å². The summed E-state index contributed by atoms with van der Waals surface area (Å²) < 4.78 is 22.8. The average Bonchev–Trinajstić information content (AvgIpc) is 2.93. The zero-order valence-electron chi connectivity index (χ0n) is 9.88. The normalized spacial score (nSPS) is 19.1. The minimum Gasteiger partial charge on any atom is -0.315 e. The van der Waals surface area contributed by atoms with E-state index < -0.39 is 9.84 Å². The number of nitrogens with one attached hydrogen (secondary N) is 1. The number of hydrogen-bond acceptors (Lipinski definition) is 3. The van der Waals surface area contributed by atoms with Crippen molar-refractivity contribution in [2.24, 2.45) is 5.41 Å². The van der Waals surface area contributed by atoms with Crippen LogP contribution in [0.2, 0.25) is 0 Å². The second-order valence-electron chi connectivity index (χ2n) is 4.68. The van der Waals surface area contributed by atoms with Crippen LogP contribution >= 0.6 is 0 Å². The molecule has 1 aliphatic rings. The van der Waals surface area contributed by atoms with Crippen LogP contribution in [0.5, 0.6) is 0 Å². The highest BCUT2D eigenvalue weighted by atomic mass is 32.2. The van der Waals surface area contributed by atoms with Gasteiger partial charge in [-0.2, -0.15) is 0 Å². The summed E-state index contributed by atoms with van der Waals surface area (Å²) in [4.78, 5) is 0. The third-order valence-electron chi connectivity index (χ3n) is 3.31. The van der Waals surface area contributed by atoms with Gasteiger partial charge in [0.1, 0.15) is 0 Å².